The van der Waals surface area contributed by atoms with Gasteiger partial charge in [-0.3, -0.25) is 19.3 Å². The van der Waals surface area contributed by atoms with E-state index in [-0.39, 0.29) is 17.4 Å². The molecule has 2 aromatic carbocycles. The number of hydrogen-bond donors (Lipinski definition) is 4. The molecule has 200 valence electrons. The number of aromatic carboxylic acids is 1. The lowest BCUT2D eigenvalue weighted by Crippen LogP contribution is -2.41. The summed E-state index contributed by atoms with van der Waals surface area (Å²) in [5, 5.41) is 15.6. The summed E-state index contributed by atoms with van der Waals surface area (Å²) in [4.78, 5) is 52.5. The fraction of sp³-hybridized carbons (Fsp3) is 0.241. The van der Waals surface area contributed by atoms with Crippen molar-refractivity contribution < 1.29 is 24.3 Å². The summed E-state index contributed by atoms with van der Waals surface area (Å²) in [6.07, 6.45) is 2.55. The Morgan fingerprint density at radius 2 is 1.77 bits per heavy atom. The van der Waals surface area contributed by atoms with Crippen LogP contribution >= 0.6 is 0 Å². The number of anilines is 2. The van der Waals surface area contributed by atoms with Gasteiger partial charge in [-0.25, -0.2) is 4.79 Å². The summed E-state index contributed by atoms with van der Waals surface area (Å²) in [5.41, 5.74) is 9.61. The van der Waals surface area contributed by atoms with Gasteiger partial charge in [-0.15, -0.1) is 0 Å². The first kappa shape index (κ1) is 25.9. The molecule has 10 nitrogen and oxygen atoms in total. The van der Waals surface area contributed by atoms with Crippen LogP contribution in [0, 0.1) is 13.8 Å². The Labute approximate surface area is 225 Å². The maximum Gasteiger partial charge on any atom is 0.337 e. The zero-order chi connectivity index (χ0) is 27.8. The minimum Gasteiger partial charge on any atom is -0.478 e. The molecule has 0 saturated carbocycles. The van der Waals surface area contributed by atoms with Gasteiger partial charge in [0.15, 0.2) is 6.17 Å². The van der Waals surface area contributed by atoms with E-state index in [2.05, 4.69) is 10.6 Å². The molecule has 0 bridgehead atoms. The lowest BCUT2D eigenvalue weighted by atomic mass is 10.0. The van der Waals surface area contributed by atoms with E-state index in [1.807, 2.05) is 11.0 Å². The predicted octanol–water partition coefficient (Wildman–Crippen LogP) is 3.63. The van der Waals surface area contributed by atoms with Crippen LogP contribution in [0.1, 0.15) is 62.2 Å². The Balaban J connectivity index is 1.56. The van der Waals surface area contributed by atoms with E-state index in [9.17, 15) is 24.3 Å². The number of likely N-dealkylation sites (tertiary alicyclic amines) is 1. The van der Waals surface area contributed by atoms with Crippen LogP contribution in [0.25, 0.3) is 11.6 Å². The number of benzene rings is 2. The topological polar surface area (TPSA) is 147 Å². The zero-order valence-electron chi connectivity index (χ0n) is 21.7. The highest BCUT2D eigenvalue weighted by Crippen LogP contribution is 2.38. The van der Waals surface area contributed by atoms with Gasteiger partial charge in [0.05, 0.1) is 16.8 Å². The number of carbonyl (C=O) groups is 4. The van der Waals surface area contributed by atoms with Crippen molar-refractivity contribution in [3.05, 3.63) is 82.2 Å². The fourth-order valence-electron chi connectivity index (χ4n) is 5.49. The number of rotatable bonds is 7. The largest absolute Gasteiger partial charge is 0.478 e. The minimum absolute atomic E-state index is 0.0740. The van der Waals surface area contributed by atoms with Gasteiger partial charge in [-0.2, -0.15) is 0 Å². The van der Waals surface area contributed by atoms with Crippen molar-refractivity contribution in [3.63, 3.8) is 0 Å². The SMILES string of the molecule is Cc1c(C(=O)O)c(C)n(C(C(N)=O)N2CCCC2)c1C=C1C(=O)Nc2cc(NC(=O)c3ccccc3)ccc21. The van der Waals surface area contributed by atoms with Crippen LogP contribution in [0.4, 0.5) is 11.4 Å². The first-order valence-electron chi connectivity index (χ1n) is 12.7. The van der Waals surface area contributed by atoms with Crippen LogP contribution in [0.2, 0.25) is 0 Å². The average molecular weight is 528 g/mol. The van der Waals surface area contributed by atoms with E-state index in [1.54, 1.807) is 67.0 Å². The molecule has 39 heavy (non-hydrogen) atoms. The normalized spacial score (nSPS) is 16.7. The third-order valence-corrected chi connectivity index (χ3v) is 7.32. The number of aromatic nitrogens is 1. The fourth-order valence-corrected chi connectivity index (χ4v) is 5.49. The third kappa shape index (κ3) is 4.70. The highest BCUT2D eigenvalue weighted by atomic mass is 16.4. The quantitative estimate of drug-likeness (QED) is 0.345. The molecule has 3 aromatic rings. The number of carbonyl (C=O) groups excluding carboxylic acids is 3. The first-order valence-corrected chi connectivity index (χ1v) is 12.7. The lowest BCUT2D eigenvalue weighted by molar-refractivity contribution is -0.126. The van der Waals surface area contributed by atoms with Gasteiger partial charge >= 0.3 is 5.97 Å². The van der Waals surface area contributed by atoms with E-state index in [0.717, 1.165) is 12.8 Å². The third-order valence-electron chi connectivity index (χ3n) is 7.32. The van der Waals surface area contributed by atoms with E-state index >= 15 is 0 Å². The van der Waals surface area contributed by atoms with Crippen LogP contribution in [-0.2, 0) is 9.59 Å². The van der Waals surface area contributed by atoms with Crippen LogP contribution in [0.15, 0.2) is 48.5 Å². The van der Waals surface area contributed by atoms with Crippen LogP contribution in [0.5, 0.6) is 0 Å². The second-order valence-electron chi connectivity index (χ2n) is 9.76. The van der Waals surface area contributed by atoms with Gasteiger partial charge in [-0.1, -0.05) is 24.3 Å². The van der Waals surface area contributed by atoms with Crippen molar-refractivity contribution >= 4 is 46.7 Å². The van der Waals surface area contributed by atoms with Crippen molar-refractivity contribution in [2.24, 2.45) is 5.73 Å². The molecule has 5 rings (SSSR count). The number of nitrogens with two attached hydrogens (primary N) is 1. The van der Waals surface area contributed by atoms with Crippen LogP contribution in [-0.4, -0.2) is 51.4 Å². The summed E-state index contributed by atoms with van der Waals surface area (Å²) in [7, 11) is 0. The Bertz CT molecular complexity index is 1530. The van der Waals surface area contributed by atoms with Crippen LogP contribution in [0.3, 0.4) is 0 Å². The molecule has 0 aliphatic carbocycles. The van der Waals surface area contributed by atoms with E-state index in [0.29, 0.717) is 58.1 Å². The minimum atomic E-state index is -1.12. The number of fused-ring (bicyclic) bond motifs is 1. The average Bonchev–Trinajstić information content (AvgIpc) is 3.58. The lowest BCUT2D eigenvalue weighted by Gasteiger charge is -2.29. The number of nitrogens with zero attached hydrogens (tertiary/aromatic N) is 2. The number of carboxylic acids is 1. The maximum absolute atomic E-state index is 13.1. The standard InChI is InChI=1S/C29H29N5O5/c1-16-23(34(17(2)24(16)29(38)39)28(25(30)35)33-12-6-7-13-33)15-21-20-11-10-19(14-22(20)32-27(21)37)31-26(36)18-8-4-3-5-9-18/h3-5,8-11,14-15,28H,6-7,12-13H2,1-2H3,(H2,30,35)(H,31,36)(H,32,37)(H,38,39). The van der Waals surface area contributed by atoms with Crippen molar-refractivity contribution in [1.82, 2.24) is 9.47 Å². The summed E-state index contributed by atoms with van der Waals surface area (Å²) in [6, 6.07) is 13.9. The number of hydrogen-bond acceptors (Lipinski definition) is 5. The molecule has 10 heteroatoms. The summed E-state index contributed by atoms with van der Waals surface area (Å²) in [5.74, 6) is -2.38. The molecule has 0 spiro atoms. The molecule has 1 fully saturated rings. The number of primary amides is 1. The highest BCUT2D eigenvalue weighted by molar-refractivity contribution is 6.35. The van der Waals surface area contributed by atoms with E-state index in [1.165, 1.54) is 0 Å². The zero-order valence-corrected chi connectivity index (χ0v) is 21.7. The molecule has 3 amide bonds. The van der Waals surface area contributed by atoms with Crippen LogP contribution < -0.4 is 16.4 Å². The molecule has 2 aliphatic heterocycles. The smallest absolute Gasteiger partial charge is 0.337 e. The highest BCUT2D eigenvalue weighted by Gasteiger charge is 2.34. The summed E-state index contributed by atoms with van der Waals surface area (Å²) >= 11 is 0. The second kappa shape index (κ2) is 10.2. The molecule has 2 aliphatic rings. The molecular weight excluding hydrogens is 498 g/mol. The summed E-state index contributed by atoms with van der Waals surface area (Å²) in [6.45, 7) is 4.62. The van der Waals surface area contributed by atoms with Crippen molar-refractivity contribution in [1.29, 1.82) is 0 Å². The molecule has 1 saturated heterocycles. The Morgan fingerprint density at radius 1 is 1.08 bits per heavy atom. The summed E-state index contributed by atoms with van der Waals surface area (Å²) < 4.78 is 1.64. The van der Waals surface area contributed by atoms with Gasteiger partial charge in [0.2, 0.25) is 0 Å². The molecule has 5 N–H and O–H groups in total. The van der Waals surface area contributed by atoms with Gasteiger partial charge < -0.3 is 26.0 Å². The molecule has 1 unspecified atom stereocenters. The first-order chi connectivity index (χ1) is 18.7. The molecule has 3 heterocycles. The number of carboxylic acid groups (broad SMARTS) is 1. The van der Waals surface area contributed by atoms with E-state index < -0.39 is 18.0 Å². The monoisotopic (exact) mass is 527 g/mol. The Kier molecular flexibility index (Phi) is 6.80. The molecular formula is C29H29N5O5. The van der Waals surface area contributed by atoms with Crippen molar-refractivity contribution in [2.75, 3.05) is 23.7 Å². The Morgan fingerprint density at radius 3 is 2.41 bits per heavy atom. The van der Waals surface area contributed by atoms with E-state index in [4.69, 9.17) is 5.73 Å². The second-order valence-corrected chi connectivity index (χ2v) is 9.76. The predicted molar refractivity (Wildman–Crippen MR) is 147 cm³/mol. The molecule has 0 radical (unpaired) electrons. The van der Waals surface area contributed by atoms with Gasteiger partial charge in [0.1, 0.15) is 0 Å². The van der Waals surface area contributed by atoms with Gasteiger partial charge in [0.25, 0.3) is 17.7 Å². The van der Waals surface area contributed by atoms with Crippen molar-refractivity contribution in [2.45, 2.75) is 32.9 Å². The van der Waals surface area contributed by atoms with Gasteiger partial charge in [0, 0.05) is 41.3 Å². The number of nitrogens with one attached hydrogen (secondary N) is 2. The van der Waals surface area contributed by atoms with Crippen molar-refractivity contribution in [3.8, 4) is 0 Å². The maximum atomic E-state index is 13.1. The Hall–Kier alpha value is -4.70. The van der Waals surface area contributed by atoms with Gasteiger partial charge in [-0.05, 0) is 62.6 Å². The number of amides is 3. The molecule has 1 aromatic heterocycles. The molecule has 1 atom stereocenters.